The first-order valence-corrected chi connectivity index (χ1v) is 5.02. The van der Waals surface area contributed by atoms with Crippen LogP contribution in [0, 0.1) is 11.6 Å². The Morgan fingerprint density at radius 3 is 2.60 bits per heavy atom. The summed E-state index contributed by atoms with van der Waals surface area (Å²) in [5.41, 5.74) is 0. The van der Waals surface area contributed by atoms with Crippen molar-refractivity contribution in [1.82, 2.24) is 0 Å². The van der Waals surface area contributed by atoms with Gasteiger partial charge in [-0.25, -0.2) is 4.39 Å². The van der Waals surface area contributed by atoms with Crippen LogP contribution in [0.2, 0.25) is 0 Å². The number of hydrogen-bond donors (Lipinski definition) is 0. The Bertz CT molecular complexity index is 393. The van der Waals surface area contributed by atoms with Crippen molar-refractivity contribution >= 4 is 21.7 Å². The van der Waals surface area contributed by atoms with Gasteiger partial charge in [-0.15, -0.1) is 0 Å². The maximum absolute atomic E-state index is 13.2. The van der Waals surface area contributed by atoms with Crippen LogP contribution in [-0.4, -0.2) is 11.9 Å². The van der Waals surface area contributed by atoms with E-state index in [1.807, 2.05) is 0 Å². The van der Waals surface area contributed by atoms with Crippen LogP contribution in [0.1, 0.15) is 13.8 Å². The van der Waals surface area contributed by atoms with Gasteiger partial charge in [0.1, 0.15) is 0 Å². The van der Waals surface area contributed by atoms with Gasteiger partial charge in [-0.05, 0) is 26.0 Å². The molecule has 1 aromatic rings. The third-order valence-corrected chi connectivity index (χ3v) is 2.29. The predicted molar refractivity (Wildman–Crippen MR) is 54.8 cm³/mol. The molecule has 15 heavy (non-hydrogen) atoms. The van der Waals surface area contributed by atoms with Crippen molar-refractivity contribution in [2.24, 2.45) is 0 Å². The highest BCUT2D eigenvalue weighted by molar-refractivity contribution is 9.10. The Kier molecular flexibility index (Phi) is 3.79. The van der Waals surface area contributed by atoms with Crippen molar-refractivity contribution in [2.75, 3.05) is 0 Å². The molecule has 0 fully saturated rings. The molecule has 1 atom stereocenters. The van der Waals surface area contributed by atoms with E-state index >= 15 is 0 Å². The molecule has 0 amide bonds. The number of benzene rings is 1. The van der Waals surface area contributed by atoms with Gasteiger partial charge in [-0.2, -0.15) is 4.39 Å². The fourth-order valence-electron chi connectivity index (χ4n) is 0.892. The van der Waals surface area contributed by atoms with E-state index in [1.165, 1.54) is 19.9 Å². The van der Waals surface area contributed by atoms with Gasteiger partial charge in [0, 0.05) is 4.47 Å². The molecule has 1 aromatic carbocycles. The van der Waals surface area contributed by atoms with Gasteiger partial charge in [0.25, 0.3) is 0 Å². The molecule has 1 rings (SSSR count). The van der Waals surface area contributed by atoms with Gasteiger partial charge in [-0.3, -0.25) is 4.79 Å². The van der Waals surface area contributed by atoms with Gasteiger partial charge in [0.05, 0.1) is 0 Å². The number of ether oxygens (including phenoxy) is 1. The van der Waals surface area contributed by atoms with E-state index < -0.39 is 17.7 Å². The van der Waals surface area contributed by atoms with E-state index in [9.17, 15) is 13.6 Å². The normalized spacial score (nSPS) is 12.3. The summed E-state index contributed by atoms with van der Waals surface area (Å²) in [6.07, 6.45) is -0.798. The fourth-order valence-corrected chi connectivity index (χ4v) is 1.30. The van der Waals surface area contributed by atoms with Crippen LogP contribution in [0.4, 0.5) is 8.78 Å². The van der Waals surface area contributed by atoms with Crippen molar-refractivity contribution in [2.45, 2.75) is 20.0 Å². The molecular formula is C10H9BrF2O2. The molecule has 0 aromatic heterocycles. The van der Waals surface area contributed by atoms with Crippen molar-refractivity contribution in [3.63, 3.8) is 0 Å². The minimum absolute atomic E-state index is 0.255. The minimum atomic E-state index is -1.09. The van der Waals surface area contributed by atoms with Gasteiger partial charge < -0.3 is 4.74 Å². The molecule has 0 saturated heterocycles. The van der Waals surface area contributed by atoms with Crippen LogP contribution in [0.15, 0.2) is 16.6 Å². The second-order valence-electron chi connectivity index (χ2n) is 3.07. The third-order valence-electron chi connectivity index (χ3n) is 1.84. The fraction of sp³-hybridized carbons (Fsp3) is 0.300. The molecule has 2 nitrogen and oxygen atoms in total. The molecule has 0 N–H and O–H groups in total. The number of ketones is 1. The first kappa shape index (κ1) is 12.1. The van der Waals surface area contributed by atoms with Crippen LogP contribution in [0.3, 0.4) is 0 Å². The zero-order valence-corrected chi connectivity index (χ0v) is 9.77. The summed E-state index contributed by atoms with van der Waals surface area (Å²) < 4.78 is 31.4. The first-order chi connectivity index (χ1) is 6.91. The number of carbonyl (C=O) groups excluding carboxylic acids is 1. The average molecular weight is 279 g/mol. The van der Waals surface area contributed by atoms with Crippen molar-refractivity contribution < 1.29 is 18.3 Å². The summed E-state index contributed by atoms with van der Waals surface area (Å²) in [7, 11) is 0. The summed E-state index contributed by atoms with van der Waals surface area (Å²) in [6, 6.07) is 2.26. The van der Waals surface area contributed by atoms with Crippen LogP contribution in [-0.2, 0) is 4.79 Å². The number of hydrogen-bond acceptors (Lipinski definition) is 2. The molecular weight excluding hydrogens is 270 g/mol. The minimum Gasteiger partial charge on any atom is -0.480 e. The third kappa shape index (κ3) is 2.99. The van der Waals surface area contributed by atoms with Crippen LogP contribution in [0.5, 0.6) is 5.75 Å². The Morgan fingerprint density at radius 1 is 1.47 bits per heavy atom. The predicted octanol–water partition coefficient (Wildman–Crippen LogP) is 3.08. The second kappa shape index (κ2) is 4.70. The van der Waals surface area contributed by atoms with E-state index in [4.69, 9.17) is 4.74 Å². The highest BCUT2D eigenvalue weighted by Gasteiger charge is 2.16. The molecule has 0 radical (unpaired) electrons. The highest BCUT2D eigenvalue weighted by atomic mass is 79.9. The molecule has 0 aliphatic carbocycles. The van der Waals surface area contributed by atoms with Crippen LogP contribution < -0.4 is 4.74 Å². The molecule has 0 spiro atoms. The Labute approximate surface area is 94.4 Å². The zero-order chi connectivity index (χ0) is 11.6. The monoisotopic (exact) mass is 278 g/mol. The van der Waals surface area contributed by atoms with Crippen molar-refractivity contribution in [3.8, 4) is 5.75 Å². The summed E-state index contributed by atoms with van der Waals surface area (Å²) in [5, 5.41) is 0. The van der Waals surface area contributed by atoms with Gasteiger partial charge in [0.15, 0.2) is 23.5 Å². The number of rotatable bonds is 3. The van der Waals surface area contributed by atoms with E-state index in [0.29, 0.717) is 4.47 Å². The van der Waals surface area contributed by atoms with E-state index in [-0.39, 0.29) is 11.5 Å². The summed E-state index contributed by atoms with van der Waals surface area (Å²) in [5.74, 6) is -2.64. The Balaban J connectivity index is 2.99. The number of Topliss-reactive ketones (excluding diaryl/α,β-unsaturated/α-hetero) is 1. The summed E-state index contributed by atoms with van der Waals surface area (Å²) in [6.45, 7) is 2.79. The Morgan fingerprint density at radius 2 is 2.07 bits per heavy atom. The molecule has 0 heterocycles. The summed E-state index contributed by atoms with van der Waals surface area (Å²) >= 11 is 3.00. The topological polar surface area (TPSA) is 26.3 Å². The molecule has 5 heteroatoms. The quantitative estimate of drug-likeness (QED) is 0.795. The summed E-state index contributed by atoms with van der Waals surface area (Å²) in [4.78, 5) is 10.9. The second-order valence-corrected chi connectivity index (χ2v) is 3.99. The lowest BCUT2D eigenvalue weighted by molar-refractivity contribution is -0.122. The lowest BCUT2D eigenvalue weighted by atomic mass is 10.2. The largest absolute Gasteiger partial charge is 0.480 e. The molecule has 0 bridgehead atoms. The average Bonchev–Trinajstić information content (AvgIpc) is 2.13. The van der Waals surface area contributed by atoms with Gasteiger partial charge >= 0.3 is 0 Å². The van der Waals surface area contributed by atoms with Crippen LogP contribution in [0.25, 0.3) is 0 Å². The lowest BCUT2D eigenvalue weighted by Gasteiger charge is -2.12. The zero-order valence-electron chi connectivity index (χ0n) is 8.18. The SMILES string of the molecule is CC(=O)C(C)Oc1cc(Br)cc(F)c1F. The maximum Gasteiger partial charge on any atom is 0.200 e. The molecule has 0 aliphatic rings. The van der Waals surface area contributed by atoms with Crippen molar-refractivity contribution in [3.05, 3.63) is 28.2 Å². The smallest absolute Gasteiger partial charge is 0.200 e. The highest BCUT2D eigenvalue weighted by Crippen LogP contribution is 2.26. The van der Waals surface area contributed by atoms with E-state index in [2.05, 4.69) is 15.9 Å². The molecule has 0 saturated carbocycles. The van der Waals surface area contributed by atoms with E-state index in [0.717, 1.165) is 6.07 Å². The Hall–Kier alpha value is -0.970. The van der Waals surface area contributed by atoms with Gasteiger partial charge in [0.2, 0.25) is 5.82 Å². The standard InChI is InChI=1S/C10H9BrF2O2/c1-5(14)6(2)15-9-4-7(11)3-8(12)10(9)13/h3-4,6H,1-2H3. The molecule has 0 aliphatic heterocycles. The molecule has 1 unspecified atom stereocenters. The maximum atomic E-state index is 13.2. The van der Waals surface area contributed by atoms with Crippen molar-refractivity contribution in [1.29, 1.82) is 0 Å². The number of halogens is 3. The lowest BCUT2D eigenvalue weighted by Crippen LogP contribution is -2.21. The molecule has 82 valence electrons. The van der Waals surface area contributed by atoms with Crippen LogP contribution >= 0.6 is 15.9 Å². The van der Waals surface area contributed by atoms with E-state index in [1.54, 1.807) is 0 Å². The number of carbonyl (C=O) groups is 1. The first-order valence-electron chi connectivity index (χ1n) is 4.23. The van der Waals surface area contributed by atoms with Gasteiger partial charge in [-0.1, -0.05) is 15.9 Å².